The van der Waals surface area contributed by atoms with Gasteiger partial charge in [-0.25, -0.2) is 4.98 Å². The summed E-state index contributed by atoms with van der Waals surface area (Å²) in [5.74, 6) is 0.754. The van der Waals surface area contributed by atoms with Crippen LogP contribution in [0.4, 0.5) is 5.95 Å². The quantitative estimate of drug-likeness (QED) is 0.412. The lowest BCUT2D eigenvalue weighted by Crippen LogP contribution is -2.42. The third-order valence-corrected chi connectivity index (χ3v) is 6.22. The number of ether oxygens (including phenoxy) is 1. The molecule has 0 spiro atoms. The van der Waals surface area contributed by atoms with E-state index in [1.807, 2.05) is 19.9 Å². The summed E-state index contributed by atoms with van der Waals surface area (Å²) in [6.45, 7) is 7.10. The number of rotatable bonds is 9. The molecular weight excluding hydrogens is 432 g/mol. The monoisotopic (exact) mass is 466 g/mol. The van der Waals surface area contributed by atoms with Crippen LogP contribution in [0, 0.1) is 6.92 Å². The van der Waals surface area contributed by atoms with Crippen LogP contribution in [-0.4, -0.2) is 69.3 Å². The summed E-state index contributed by atoms with van der Waals surface area (Å²) in [6.07, 6.45) is 2.58. The number of aryl methyl sites for hydroxylation is 1. The molecule has 1 aliphatic heterocycles. The summed E-state index contributed by atoms with van der Waals surface area (Å²) < 4.78 is 7.16. The lowest BCUT2D eigenvalue weighted by molar-refractivity contribution is -0.144. The van der Waals surface area contributed by atoms with Gasteiger partial charge in [-0.1, -0.05) is 6.07 Å². The molecule has 0 aliphatic carbocycles. The molecule has 0 atom stereocenters. The number of pyridine rings is 1. The Bertz CT molecular complexity index is 1140. The van der Waals surface area contributed by atoms with Gasteiger partial charge in [0.15, 0.2) is 0 Å². The normalized spacial score (nSPS) is 15.0. The molecule has 1 aromatic carbocycles. The number of likely N-dealkylation sites (tertiary alicyclic amines) is 1. The van der Waals surface area contributed by atoms with Crippen molar-refractivity contribution in [3.63, 3.8) is 0 Å². The van der Waals surface area contributed by atoms with Crippen LogP contribution in [-0.2, 0) is 22.5 Å². The Kier molecular flexibility index (Phi) is 7.64. The van der Waals surface area contributed by atoms with E-state index in [9.17, 15) is 9.90 Å². The molecule has 1 saturated heterocycles. The first kappa shape index (κ1) is 24.0. The summed E-state index contributed by atoms with van der Waals surface area (Å²) >= 11 is 0. The van der Waals surface area contributed by atoms with Crippen molar-refractivity contribution in [1.29, 1.82) is 0 Å². The SMILES string of the molecule is CCOC(=O)CN1CCC(Nc2nc3ccc(CCN)cc3n2Cc2nc(C)ccc2O)CC1. The molecule has 3 heterocycles. The van der Waals surface area contributed by atoms with Crippen molar-refractivity contribution >= 4 is 23.0 Å². The second-order valence-electron chi connectivity index (χ2n) is 8.80. The molecule has 182 valence electrons. The van der Waals surface area contributed by atoms with Crippen LogP contribution in [0.25, 0.3) is 11.0 Å². The number of hydrogen-bond donors (Lipinski definition) is 3. The van der Waals surface area contributed by atoms with Gasteiger partial charge < -0.3 is 25.5 Å². The number of imidazole rings is 1. The summed E-state index contributed by atoms with van der Waals surface area (Å²) in [4.78, 5) is 23.4. The number of hydrogen-bond acceptors (Lipinski definition) is 8. The van der Waals surface area contributed by atoms with Gasteiger partial charge in [0.2, 0.25) is 5.95 Å². The summed E-state index contributed by atoms with van der Waals surface area (Å²) in [5.41, 5.74) is 10.3. The first-order valence-electron chi connectivity index (χ1n) is 12.0. The zero-order chi connectivity index (χ0) is 24.1. The molecule has 0 radical (unpaired) electrons. The Labute approximate surface area is 199 Å². The fraction of sp³-hybridized carbons (Fsp3) is 0.480. The van der Waals surface area contributed by atoms with Crippen molar-refractivity contribution in [3.05, 3.63) is 47.3 Å². The second-order valence-corrected chi connectivity index (χ2v) is 8.80. The standard InChI is InChI=1S/C25H34N6O3/c1-3-34-24(33)16-30-12-9-19(10-13-30)28-25-29-20-6-5-18(8-11-26)14-22(20)31(25)15-21-23(32)7-4-17(2)27-21/h4-7,14,19,32H,3,8-13,15-16,26H2,1-2H3,(H,28,29). The van der Waals surface area contributed by atoms with Gasteiger partial charge in [0.25, 0.3) is 0 Å². The molecule has 0 unspecified atom stereocenters. The van der Waals surface area contributed by atoms with Crippen LogP contribution in [0.2, 0.25) is 0 Å². The maximum atomic E-state index is 11.8. The van der Waals surface area contributed by atoms with E-state index in [1.54, 1.807) is 12.1 Å². The number of benzene rings is 1. The van der Waals surface area contributed by atoms with E-state index in [2.05, 4.69) is 31.9 Å². The highest BCUT2D eigenvalue weighted by atomic mass is 16.5. The van der Waals surface area contributed by atoms with E-state index in [-0.39, 0.29) is 17.8 Å². The van der Waals surface area contributed by atoms with Crippen molar-refractivity contribution in [2.45, 2.75) is 45.7 Å². The molecule has 3 aromatic rings. The average molecular weight is 467 g/mol. The predicted octanol–water partition coefficient (Wildman–Crippen LogP) is 2.43. The number of esters is 1. The maximum Gasteiger partial charge on any atom is 0.320 e. The number of aromatic hydroxyl groups is 1. The van der Waals surface area contributed by atoms with Crippen molar-refractivity contribution in [3.8, 4) is 5.75 Å². The van der Waals surface area contributed by atoms with Gasteiger partial charge in [-0.2, -0.15) is 0 Å². The highest BCUT2D eigenvalue weighted by Gasteiger charge is 2.23. The number of nitrogens with two attached hydrogens (primary N) is 1. The van der Waals surface area contributed by atoms with Crippen molar-refractivity contribution < 1.29 is 14.6 Å². The molecule has 9 heteroatoms. The van der Waals surface area contributed by atoms with Crippen LogP contribution < -0.4 is 11.1 Å². The van der Waals surface area contributed by atoms with Crippen LogP contribution >= 0.6 is 0 Å². The minimum atomic E-state index is -0.172. The largest absolute Gasteiger partial charge is 0.506 e. The van der Waals surface area contributed by atoms with Gasteiger partial charge >= 0.3 is 5.97 Å². The number of nitrogens with zero attached hydrogens (tertiary/aromatic N) is 4. The Morgan fingerprint density at radius 1 is 1.24 bits per heavy atom. The molecule has 2 aromatic heterocycles. The highest BCUT2D eigenvalue weighted by molar-refractivity contribution is 5.80. The van der Waals surface area contributed by atoms with Gasteiger partial charge in [-0.05, 0) is 69.5 Å². The van der Waals surface area contributed by atoms with Gasteiger partial charge in [0, 0.05) is 24.8 Å². The van der Waals surface area contributed by atoms with E-state index >= 15 is 0 Å². The molecule has 4 N–H and O–H groups in total. The number of nitrogens with one attached hydrogen (secondary N) is 1. The minimum absolute atomic E-state index is 0.170. The molecule has 9 nitrogen and oxygen atoms in total. The van der Waals surface area contributed by atoms with Crippen LogP contribution in [0.1, 0.15) is 36.7 Å². The van der Waals surface area contributed by atoms with Gasteiger partial charge in [0.05, 0.1) is 30.7 Å². The van der Waals surface area contributed by atoms with Gasteiger partial charge in [-0.15, -0.1) is 0 Å². The Balaban J connectivity index is 1.56. The van der Waals surface area contributed by atoms with E-state index in [0.29, 0.717) is 31.9 Å². The number of piperidine rings is 1. The molecule has 1 aliphatic rings. The minimum Gasteiger partial charge on any atom is -0.506 e. The van der Waals surface area contributed by atoms with Crippen LogP contribution in [0.3, 0.4) is 0 Å². The van der Waals surface area contributed by atoms with E-state index < -0.39 is 0 Å². The first-order valence-corrected chi connectivity index (χ1v) is 12.0. The molecular formula is C25H34N6O3. The molecule has 1 fully saturated rings. The number of anilines is 1. The topological polar surface area (TPSA) is 119 Å². The third kappa shape index (κ3) is 5.66. The highest BCUT2D eigenvalue weighted by Crippen LogP contribution is 2.27. The van der Waals surface area contributed by atoms with Crippen molar-refractivity contribution in [2.75, 3.05) is 38.1 Å². The molecule has 4 rings (SSSR count). The Morgan fingerprint density at radius 3 is 2.76 bits per heavy atom. The first-order chi connectivity index (χ1) is 16.5. The number of carbonyl (C=O) groups excluding carboxylic acids is 1. The number of carbonyl (C=O) groups is 1. The van der Waals surface area contributed by atoms with Crippen LogP contribution in [0.15, 0.2) is 30.3 Å². The average Bonchev–Trinajstić information content (AvgIpc) is 3.14. The zero-order valence-corrected chi connectivity index (χ0v) is 20.0. The predicted molar refractivity (Wildman–Crippen MR) is 132 cm³/mol. The maximum absolute atomic E-state index is 11.8. The summed E-state index contributed by atoms with van der Waals surface area (Å²) in [5, 5.41) is 14.0. The second kappa shape index (κ2) is 10.8. The molecule has 34 heavy (non-hydrogen) atoms. The van der Waals surface area contributed by atoms with Crippen molar-refractivity contribution in [1.82, 2.24) is 19.4 Å². The zero-order valence-electron chi connectivity index (χ0n) is 20.0. The third-order valence-electron chi connectivity index (χ3n) is 6.22. The molecule has 0 bridgehead atoms. The lowest BCUT2D eigenvalue weighted by Gasteiger charge is -2.31. The summed E-state index contributed by atoms with van der Waals surface area (Å²) in [6, 6.07) is 9.92. The van der Waals surface area contributed by atoms with Crippen molar-refractivity contribution in [2.24, 2.45) is 5.73 Å². The van der Waals surface area contributed by atoms with E-state index in [4.69, 9.17) is 15.5 Å². The fourth-order valence-corrected chi connectivity index (χ4v) is 4.44. The smallest absolute Gasteiger partial charge is 0.320 e. The lowest BCUT2D eigenvalue weighted by atomic mass is 10.1. The number of aromatic nitrogens is 3. The molecule has 0 amide bonds. The van der Waals surface area contributed by atoms with Gasteiger partial charge in [-0.3, -0.25) is 14.7 Å². The Morgan fingerprint density at radius 2 is 2.03 bits per heavy atom. The summed E-state index contributed by atoms with van der Waals surface area (Å²) in [7, 11) is 0. The van der Waals surface area contributed by atoms with E-state index in [1.165, 1.54) is 0 Å². The number of fused-ring (bicyclic) bond motifs is 1. The molecule has 0 saturated carbocycles. The van der Waals surface area contributed by atoms with Crippen LogP contribution in [0.5, 0.6) is 5.75 Å². The van der Waals surface area contributed by atoms with Gasteiger partial charge in [0.1, 0.15) is 11.4 Å². The van der Waals surface area contributed by atoms with E-state index in [0.717, 1.165) is 60.6 Å². The Hall–Kier alpha value is -3.17. The fourth-order valence-electron chi connectivity index (χ4n) is 4.44.